The summed E-state index contributed by atoms with van der Waals surface area (Å²) in [7, 11) is 0. The lowest BCUT2D eigenvalue weighted by Gasteiger charge is -2.40. The predicted molar refractivity (Wildman–Crippen MR) is 201 cm³/mol. The molecule has 1 aromatic heterocycles. The molecule has 10 rings (SSSR count). The Morgan fingerprint density at radius 2 is 0.860 bits per heavy atom. The van der Waals surface area contributed by atoms with Gasteiger partial charge in [0.1, 0.15) is 11.5 Å². The van der Waals surface area contributed by atoms with Gasteiger partial charge in [-0.25, -0.2) is 9.97 Å². The molecule has 2 heterocycles. The van der Waals surface area contributed by atoms with Gasteiger partial charge in [-0.05, 0) is 39.9 Å². The van der Waals surface area contributed by atoms with Gasteiger partial charge >= 0.3 is 0 Å². The molecule has 3 nitrogen and oxygen atoms in total. The Hall–Kier alpha value is -6.58. The molecule has 1 aliphatic carbocycles. The fourth-order valence-electron chi connectivity index (χ4n) is 8.09. The van der Waals surface area contributed by atoms with Crippen molar-refractivity contribution in [3.05, 3.63) is 204 Å². The van der Waals surface area contributed by atoms with E-state index in [1.807, 2.05) is 36.4 Å². The van der Waals surface area contributed by atoms with Crippen molar-refractivity contribution in [3.63, 3.8) is 0 Å². The Labute approximate surface area is 291 Å². The van der Waals surface area contributed by atoms with Gasteiger partial charge < -0.3 is 4.74 Å². The molecule has 1 aliphatic heterocycles. The predicted octanol–water partition coefficient (Wildman–Crippen LogP) is 11.6. The summed E-state index contributed by atoms with van der Waals surface area (Å²) in [5.41, 5.74) is 13.7. The smallest absolute Gasteiger partial charge is 0.160 e. The molecule has 50 heavy (non-hydrogen) atoms. The number of ether oxygens (including phenoxy) is 1. The highest BCUT2D eigenvalue weighted by Gasteiger charge is 2.51. The quantitative estimate of drug-likeness (QED) is 0.192. The molecular formula is C47H30N2O. The Morgan fingerprint density at radius 3 is 1.56 bits per heavy atom. The molecule has 7 aromatic carbocycles. The second kappa shape index (κ2) is 11.3. The zero-order chi connectivity index (χ0) is 33.1. The topological polar surface area (TPSA) is 35.0 Å². The third-order valence-electron chi connectivity index (χ3n) is 10.2. The Morgan fingerprint density at radius 1 is 0.360 bits per heavy atom. The molecular weight excluding hydrogens is 609 g/mol. The van der Waals surface area contributed by atoms with Crippen LogP contribution in [0.15, 0.2) is 182 Å². The number of fused-ring (bicyclic) bond motifs is 9. The first-order chi connectivity index (χ1) is 24.8. The molecule has 0 saturated carbocycles. The van der Waals surface area contributed by atoms with E-state index in [9.17, 15) is 0 Å². The van der Waals surface area contributed by atoms with E-state index in [1.54, 1.807) is 0 Å². The number of para-hydroxylation sites is 2. The van der Waals surface area contributed by atoms with E-state index in [-0.39, 0.29) is 0 Å². The SMILES string of the molecule is c1ccc(-c2cc(-c3ccccc3-c3cccc4c3Oc3ccccc3C43c4ccccc4-c4ccccc43)nc(-c3ccccc3)n2)cc1. The van der Waals surface area contributed by atoms with Crippen molar-refractivity contribution in [2.45, 2.75) is 5.41 Å². The first-order valence-corrected chi connectivity index (χ1v) is 17.0. The van der Waals surface area contributed by atoms with Crippen LogP contribution in [0.5, 0.6) is 11.5 Å². The molecule has 0 N–H and O–H groups in total. The Balaban J connectivity index is 1.23. The van der Waals surface area contributed by atoms with Crippen molar-refractivity contribution in [3.8, 4) is 67.7 Å². The summed E-state index contributed by atoms with van der Waals surface area (Å²) < 4.78 is 7.02. The molecule has 0 amide bonds. The standard InChI is InChI=1S/C47H30N2O/c1-3-16-31(17-4-1)42-30-43(49-46(48-42)32-18-5-2-6-19-32)36-23-8-7-20-33(36)37-24-15-28-41-45(37)50-44-29-14-13-27-40(44)47(41)38-25-11-9-21-34(38)35-22-10-12-26-39(35)47/h1-30H. The largest absolute Gasteiger partial charge is 0.456 e. The highest BCUT2D eigenvalue weighted by molar-refractivity contribution is 5.92. The van der Waals surface area contributed by atoms with Crippen LogP contribution >= 0.6 is 0 Å². The van der Waals surface area contributed by atoms with Gasteiger partial charge in [0.05, 0.1) is 16.8 Å². The van der Waals surface area contributed by atoms with Crippen LogP contribution in [0.1, 0.15) is 22.3 Å². The second-order valence-corrected chi connectivity index (χ2v) is 12.9. The summed E-state index contributed by atoms with van der Waals surface area (Å²) in [4.78, 5) is 10.3. The van der Waals surface area contributed by atoms with Crippen LogP contribution in [-0.4, -0.2) is 9.97 Å². The first-order valence-electron chi connectivity index (χ1n) is 17.0. The highest BCUT2D eigenvalue weighted by atomic mass is 16.5. The van der Waals surface area contributed by atoms with Crippen molar-refractivity contribution in [2.75, 3.05) is 0 Å². The van der Waals surface area contributed by atoms with Gasteiger partial charge in [-0.1, -0.05) is 170 Å². The number of rotatable bonds is 4. The molecule has 0 radical (unpaired) electrons. The van der Waals surface area contributed by atoms with Gasteiger partial charge in [-0.15, -0.1) is 0 Å². The first kappa shape index (κ1) is 28.4. The van der Waals surface area contributed by atoms with E-state index in [0.29, 0.717) is 5.82 Å². The number of hydrogen-bond acceptors (Lipinski definition) is 3. The summed E-state index contributed by atoms with van der Waals surface area (Å²) in [6.07, 6.45) is 0. The van der Waals surface area contributed by atoms with E-state index >= 15 is 0 Å². The van der Waals surface area contributed by atoms with Gasteiger partial charge in [-0.3, -0.25) is 0 Å². The van der Waals surface area contributed by atoms with Crippen LogP contribution in [0.25, 0.3) is 56.2 Å². The number of nitrogens with zero attached hydrogens (tertiary/aromatic N) is 2. The van der Waals surface area contributed by atoms with Crippen LogP contribution in [0, 0.1) is 0 Å². The van der Waals surface area contributed by atoms with Crippen molar-refractivity contribution >= 4 is 0 Å². The summed E-state index contributed by atoms with van der Waals surface area (Å²) in [6.45, 7) is 0. The summed E-state index contributed by atoms with van der Waals surface area (Å²) >= 11 is 0. The maximum atomic E-state index is 7.02. The summed E-state index contributed by atoms with van der Waals surface area (Å²) in [6, 6.07) is 64.0. The number of benzene rings is 7. The molecule has 0 atom stereocenters. The third kappa shape index (κ3) is 4.17. The van der Waals surface area contributed by atoms with Gasteiger partial charge in [0.15, 0.2) is 5.82 Å². The minimum Gasteiger partial charge on any atom is -0.456 e. The van der Waals surface area contributed by atoms with E-state index in [1.165, 1.54) is 22.3 Å². The molecule has 1 spiro atoms. The lowest BCUT2D eigenvalue weighted by molar-refractivity contribution is 0.438. The van der Waals surface area contributed by atoms with Crippen molar-refractivity contribution in [1.82, 2.24) is 9.97 Å². The molecule has 2 aliphatic rings. The number of hydrogen-bond donors (Lipinski definition) is 0. The van der Waals surface area contributed by atoms with Gasteiger partial charge in [0.25, 0.3) is 0 Å². The molecule has 0 fully saturated rings. The van der Waals surface area contributed by atoms with E-state index in [0.717, 1.165) is 61.8 Å². The zero-order valence-electron chi connectivity index (χ0n) is 27.1. The fourth-order valence-corrected chi connectivity index (χ4v) is 8.09. The molecule has 8 aromatic rings. The summed E-state index contributed by atoms with van der Waals surface area (Å²) in [5, 5.41) is 0. The second-order valence-electron chi connectivity index (χ2n) is 12.9. The summed E-state index contributed by atoms with van der Waals surface area (Å²) in [5.74, 6) is 2.43. The van der Waals surface area contributed by atoms with E-state index in [2.05, 4.69) is 146 Å². The van der Waals surface area contributed by atoms with Crippen LogP contribution < -0.4 is 4.74 Å². The molecule has 0 unspecified atom stereocenters. The maximum Gasteiger partial charge on any atom is 0.160 e. The highest BCUT2D eigenvalue weighted by Crippen LogP contribution is 2.63. The van der Waals surface area contributed by atoms with Crippen molar-refractivity contribution < 1.29 is 4.74 Å². The fraction of sp³-hybridized carbons (Fsp3) is 0.0213. The van der Waals surface area contributed by atoms with Crippen LogP contribution in [-0.2, 0) is 5.41 Å². The normalized spacial score (nSPS) is 13.1. The maximum absolute atomic E-state index is 7.02. The van der Waals surface area contributed by atoms with Gasteiger partial charge in [0, 0.05) is 33.4 Å². The van der Waals surface area contributed by atoms with Crippen molar-refractivity contribution in [1.29, 1.82) is 0 Å². The lowest BCUT2D eigenvalue weighted by Crippen LogP contribution is -2.32. The lowest BCUT2D eigenvalue weighted by atomic mass is 9.65. The average molecular weight is 639 g/mol. The third-order valence-corrected chi connectivity index (χ3v) is 10.2. The van der Waals surface area contributed by atoms with E-state index < -0.39 is 5.41 Å². The average Bonchev–Trinajstić information content (AvgIpc) is 3.49. The molecule has 234 valence electrons. The Bertz CT molecular complexity index is 2470. The molecule has 0 saturated heterocycles. The number of aromatic nitrogens is 2. The zero-order valence-corrected chi connectivity index (χ0v) is 27.1. The minimum atomic E-state index is -0.530. The molecule has 0 bridgehead atoms. The van der Waals surface area contributed by atoms with Gasteiger partial charge in [-0.2, -0.15) is 0 Å². The van der Waals surface area contributed by atoms with E-state index in [4.69, 9.17) is 14.7 Å². The minimum absolute atomic E-state index is 0.530. The monoisotopic (exact) mass is 638 g/mol. The van der Waals surface area contributed by atoms with Crippen LogP contribution in [0.3, 0.4) is 0 Å². The van der Waals surface area contributed by atoms with Crippen LogP contribution in [0.2, 0.25) is 0 Å². The van der Waals surface area contributed by atoms with Crippen molar-refractivity contribution in [2.24, 2.45) is 0 Å². The Kier molecular flexibility index (Phi) is 6.40. The molecule has 3 heteroatoms. The van der Waals surface area contributed by atoms with Gasteiger partial charge in [0.2, 0.25) is 0 Å². The van der Waals surface area contributed by atoms with Crippen LogP contribution in [0.4, 0.5) is 0 Å².